The number of nitrogens with zero attached hydrogens (tertiary/aromatic N) is 1. The number of thiol groups is 1. The Bertz CT molecular complexity index is 813. The van der Waals surface area contributed by atoms with Crippen LogP contribution in [-0.4, -0.2) is 48.9 Å². The van der Waals surface area contributed by atoms with E-state index in [0.29, 0.717) is 18.7 Å². The second-order valence-corrected chi connectivity index (χ2v) is 7.47. The van der Waals surface area contributed by atoms with E-state index >= 15 is 0 Å². The number of nitrogens with two attached hydrogens (primary N) is 1. The molecule has 4 rings (SSSR count). The Morgan fingerprint density at radius 2 is 1.70 bits per heavy atom. The van der Waals surface area contributed by atoms with E-state index in [1.165, 1.54) is 18.2 Å². The number of carbonyl (C=O) groups excluding carboxylic acids is 1. The maximum Gasteiger partial charge on any atom is 0.226 e. The first-order chi connectivity index (χ1) is 14.4. The molecule has 1 aliphatic heterocycles. The first-order valence-electron chi connectivity index (χ1n) is 9.91. The third-order valence-corrected chi connectivity index (χ3v) is 5.49. The van der Waals surface area contributed by atoms with Gasteiger partial charge in [-0.3, -0.25) is 4.79 Å². The van der Waals surface area contributed by atoms with Gasteiger partial charge in [0.05, 0.1) is 18.2 Å². The maximum absolute atomic E-state index is 13.3. The molecule has 2 aromatic rings. The molecule has 1 heterocycles. The van der Waals surface area contributed by atoms with E-state index in [4.69, 9.17) is 10.5 Å². The molecule has 2 N–H and O–H groups in total. The van der Waals surface area contributed by atoms with Gasteiger partial charge in [0.25, 0.3) is 0 Å². The lowest BCUT2D eigenvalue weighted by Gasteiger charge is -2.54. The molecular formula is C23H30F2N2O2S. The Balaban J connectivity index is 0.000000197. The highest BCUT2D eigenvalue weighted by Gasteiger charge is 2.53. The SMILES string of the molecule is COC1(C)CN(C(=O)C2CC2)[C@@H]1CN.CS.Fc1cccc(F)c1-c1ccccc1. The molecular weight excluding hydrogens is 406 g/mol. The second-order valence-electron chi connectivity index (χ2n) is 7.47. The number of halogens is 2. The summed E-state index contributed by atoms with van der Waals surface area (Å²) in [6, 6.07) is 12.6. The molecule has 1 aliphatic carbocycles. The molecule has 2 aliphatic rings. The van der Waals surface area contributed by atoms with Crippen LogP contribution in [0.4, 0.5) is 8.78 Å². The molecule has 1 unspecified atom stereocenters. The summed E-state index contributed by atoms with van der Waals surface area (Å²) in [6.07, 6.45) is 3.80. The summed E-state index contributed by atoms with van der Waals surface area (Å²) in [4.78, 5) is 13.7. The first-order valence-corrected chi connectivity index (χ1v) is 10.8. The van der Waals surface area contributed by atoms with E-state index in [-0.39, 0.29) is 29.0 Å². The van der Waals surface area contributed by atoms with Crippen molar-refractivity contribution in [2.45, 2.75) is 31.4 Å². The van der Waals surface area contributed by atoms with E-state index in [1.54, 1.807) is 37.6 Å². The summed E-state index contributed by atoms with van der Waals surface area (Å²) in [6.45, 7) is 3.20. The predicted molar refractivity (Wildman–Crippen MR) is 119 cm³/mol. The molecule has 1 saturated heterocycles. The van der Waals surface area contributed by atoms with Crippen LogP contribution < -0.4 is 5.73 Å². The number of carbonyl (C=O) groups is 1. The van der Waals surface area contributed by atoms with E-state index in [2.05, 4.69) is 12.6 Å². The predicted octanol–water partition coefficient (Wildman–Crippen LogP) is 4.15. The lowest BCUT2D eigenvalue weighted by atomic mass is 9.84. The van der Waals surface area contributed by atoms with Gasteiger partial charge in [-0.15, -0.1) is 0 Å². The van der Waals surface area contributed by atoms with Crippen LogP contribution in [0.2, 0.25) is 0 Å². The molecule has 1 saturated carbocycles. The van der Waals surface area contributed by atoms with Crippen LogP contribution >= 0.6 is 12.6 Å². The molecule has 30 heavy (non-hydrogen) atoms. The third-order valence-electron chi connectivity index (χ3n) is 5.49. The van der Waals surface area contributed by atoms with E-state index in [1.807, 2.05) is 17.9 Å². The van der Waals surface area contributed by atoms with E-state index < -0.39 is 11.6 Å². The summed E-state index contributed by atoms with van der Waals surface area (Å²) in [5.41, 5.74) is 6.03. The number of hydrogen-bond acceptors (Lipinski definition) is 4. The molecule has 1 amide bonds. The van der Waals surface area contributed by atoms with Crippen LogP contribution in [0.15, 0.2) is 48.5 Å². The van der Waals surface area contributed by atoms with Gasteiger partial charge in [-0.2, -0.15) is 12.6 Å². The van der Waals surface area contributed by atoms with Gasteiger partial charge in [0, 0.05) is 19.6 Å². The molecule has 2 fully saturated rings. The quantitative estimate of drug-likeness (QED) is 0.708. The van der Waals surface area contributed by atoms with Gasteiger partial charge in [-0.05, 0) is 43.7 Å². The van der Waals surface area contributed by atoms with Crippen LogP contribution in [-0.2, 0) is 9.53 Å². The van der Waals surface area contributed by atoms with E-state index in [9.17, 15) is 13.6 Å². The van der Waals surface area contributed by atoms with Gasteiger partial charge >= 0.3 is 0 Å². The number of hydrogen-bond donors (Lipinski definition) is 2. The fraction of sp³-hybridized carbons (Fsp3) is 0.435. The standard InChI is InChI=1S/C12H8F2.C10H18N2O2.CH4S/c13-10-7-4-8-11(14)12(10)9-5-2-1-3-6-9;1-10(14-2)6-12(8(10)5-11)9(13)7-3-4-7;1-2/h1-8H;7-8H,3-6,11H2,1-2H3;2H,1H3/t;8-,10?;/m.1./s1. The average molecular weight is 437 g/mol. The number of amides is 1. The van der Waals surface area contributed by atoms with Gasteiger partial charge in [0.2, 0.25) is 5.91 Å². The summed E-state index contributed by atoms with van der Waals surface area (Å²) in [5.74, 6) is -0.507. The molecule has 4 nitrogen and oxygen atoms in total. The summed E-state index contributed by atoms with van der Waals surface area (Å²) in [7, 11) is 1.68. The van der Waals surface area contributed by atoms with Gasteiger partial charge in [-0.1, -0.05) is 36.4 Å². The summed E-state index contributed by atoms with van der Waals surface area (Å²) in [5, 5.41) is 0. The third kappa shape index (κ3) is 5.39. The summed E-state index contributed by atoms with van der Waals surface area (Å²) < 4.78 is 32.0. The van der Waals surface area contributed by atoms with Gasteiger partial charge in [0.15, 0.2) is 0 Å². The van der Waals surface area contributed by atoms with Crippen molar-refractivity contribution in [2.75, 3.05) is 26.5 Å². The molecule has 2 aromatic carbocycles. The Labute approximate surface area is 182 Å². The van der Waals surface area contributed by atoms with Crippen molar-refractivity contribution in [1.82, 2.24) is 4.90 Å². The Kier molecular flexibility index (Phi) is 8.82. The number of methoxy groups -OCH3 is 1. The van der Waals surface area contributed by atoms with Gasteiger partial charge < -0.3 is 15.4 Å². The largest absolute Gasteiger partial charge is 0.374 e. The number of likely N-dealkylation sites (tertiary alicyclic amines) is 1. The highest BCUT2D eigenvalue weighted by Crippen LogP contribution is 2.38. The van der Waals surface area contributed by atoms with Gasteiger partial charge in [0.1, 0.15) is 17.2 Å². The highest BCUT2D eigenvalue weighted by molar-refractivity contribution is 7.79. The van der Waals surface area contributed by atoms with Crippen molar-refractivity contribution < 1.29 is 18.3 Å². The molecule has 0 aromatic heterocycles. The van der Waals surface area contributed by atoms with Gasteiger partial charge in [-0.25, -0.2) is 8.78 Å². The lowest BCUT2D eigenvalue weighted by molar-refractivity contribution is -0.179. The highest BCUT2D eigenvalue weighted by atomic mass is 32.1. The van der Waals surface area contributed by atoms with Crippen molar-refractivity contribution in [1.29, 1.82) is 0 Å². The molecule has 0 bridgehead atoms. The number of ether oxygens (including phenoxy) is 1. The van der Waals surface area contributed by atoms with Crippen LogP contribution in [0.25, 0.3) is 11.1 Å². The number of benzene rings is 2. The Morgan fingerprint density at radius 1 is 1.13 bits per heavy atom. The van der Waals surface area contributed by atoms with Crippen LogP contribution in [0.5, 0.6) is 0 Å². The fourth-order valence-electron chi connectivity index (χ4n) is 3.52. The van der Waals surface area contributed by atoms with Crippen molar-refractivity contribution >= 4 is 18.5 Å². The molecule has 7 heteroatoms. The van der Waals surface area contributed by atoms with Crippen molar-refractivity contribution in [3.8, 4) is 11.1 Å². The molecule has 0 radical (unpaired) electrons. The average Bonchev–Trinajstić information content (AvgIpc) is 3.60. The minimum atomic E-state index is -0.531. The zero-order chi connectivity index (χ0) is 22.3. The zero-order valence-corrected chi connectivity index (χ0v) is 18.5. The lowest BCUT2D eigenvalue weighted by Crippen LogP contribution is -2.73. The Hall–Kier alpha value is -1.96. The summed E-state index contributed by atoms with van der Waals surface area (Å²) >= 11 is 3.53. The minimum absolute atomic E-state index is 0.0353. The van der Waals surface area contributed by atoms with Crippen LogP contribution in [0.3, 0.4) is 0 Å². The Morgan fingerprint density at radius 3 is 2.17 bits per heavy atom. The minimum Gasteiger partial charge on any atom is -0.374 e. The van der Waals surface area contributed by atoms with Crippen molar-refractivity contribution in [3.63, 3.8) is 0 Å². The monoisotopic (exact) mass is 436 g/mol. The smallest absolute Gasteiger partial charge is 0.226 e. The fourth-order valence-corrected chi connectivity index (χ4v) is 3.52. The normalized spacial score (nSPS) is 22.1. The van der Waals surface area contributed by atoms with E-state index in [0.717, 1.165) is 12.8 Å². The maximum atomic E-state index is 13.3. The molecule has 0 spiro atoms. The topological polar surface area (TPSA) is 55.6 Å². The molecule has 2 atom stereocenters. The van der Waals surface area contributed by atoms with Crippen LogP contribution in [0, 0.1) is 17.6 Å². The molecule has 164 valence electrons. The zero-order valence-electron chi connectivity index (χ0n) is 17.6. The van der Waals surface area contributed by atoms with Crippen molar-refractivity contribution in [3.05, 3.63) is 60.2 Å². The second kappa shape index (κ2) is 10.9. The first kappa shape index (κ1) is 24.3. The van der Waals surface area contributed by atoms with Crippen molar-refractivity contribution in [2.24, 2.45) is 11.7 Å². The number of rotatable bonds is 4. The van der Waals surface area contributed by atoms with Crippen LogP contribution in [0.1, 0.15) is 19.8 Å².